The van der Waals surface area contributed by atoms with Crippen LogP contribution >= 0.6 is 0 Å². The van der Waals surface area contributed by atoms with Crippen molar-refractivity contribution >= 4 is 0 Å². The molecule has 0 fully saturated rings. The van der Waals surface area contributed by atoms with Crippen molar-refractivity contribution in [3.63, 3.8) is 0 Å². The lowest BCUT2D eigenvalue weighted by molar-refractivity contribution is 0.299. The van der Waals surface area contributed by atoms with Gasteiger partial charge in [0.1, 0.15) is 0 Å². The topological polar surface area (TPSA) is 38.0 Å². The number of aryl methyl sites for hydroxylation is 3. The summed E-state index contributed by atoms with van der Waals surface area (Å²) >= 11 is 0. The van der Waals surface area contributed by atoms with Crippen LogP contribution in [0.25, 0.3) is 5.69 Å². The zero-order valence-corrected chi connectivity index (χ0v) is 10.6. The Labute approximate surface area is 102 Å². The summed E-state index contributed by atoms with van der Waals surface area (Å²) in [5, 5.41) is 13.5. The van der Waals surface area contributed by atoms with Gasteiger partial charge in [-0.05, 0) is 44.4 Å². The molecular formula is C14H18N2O. The van der Waals surface area contributed by atoms with Gasteiger partial charge in [-0.2, -0.15) is 5.10 Å². The van der Waals surface area contributed by atoms with E-state index in [0.29, 0.717) is 6.42 Å². The van der Waals surface area contributed by atoms with Crippen molar-refractivity contribution in [1.29, 1.82) is 0 Å². The SMILES string of the molecule is Cc1ccc(-n2cc(CCO)c(C)n2)c(C)c1. The first-order chi connectivity index (χ1) is 8.11. The number of nitrogens with zero attached hydrogens (tertiary/aromatic N) is 2. The minimum Gasteiger partial charge on any atom is -0.396 e. The Morgan fingerprint density at radius 1 is 1.24 bits per heavy atom. The molecule has 0 atom stereocenters. The van der Waals surface area contributed by atoms with Crippen molar-refractivity contribution < 1.29 is 5.11 Å². The van der Waals surface area contributed by atoms with E-state index in [1.807, 2.05) is 17.8 Å². The van der Waals surface area contributed by atoms with Gasteiger partial charge in [0, 0.05) is 12.8 Å². The molecule has 0 amide bonds. The van der Waals surface area contributed by atoms with Crippen LogP contribution in [0.2, 0.25) is 0 Å². The van der Waals surface area contributed by atoms with E-state index in [2.05, 4.69) is 37.1 Å². The Bertz CT molecular complexity index is 529. The van der Waals surface area contributed by atoms with Crippen molar-refractivity contribution in [2.24, 2.45) is 0 Å². The van der Waals surface area contributed by atoms with Gasteiger partial charge in [0.2, 0.25) is 0 Å². The molecule has 2 aromatic rings. The molecule has 0 spiro atoms. The van der Waals surface area contributed by atoms with Crippen LogP contribution in [0.3, 0.4) is 0 Å². The number of aliphatic hydroxyl groups excluding tert-OH is 1. The van der Waals surface area contributed by atoms with Gasteiger partial charge in [-0.3, -0.25) is 0 Å². The van der Waals surface area contributed by atoms with E-state index < -0.39 is 0 Å². The van der Waals surface area contributed by atoms with E-state index in [1.165, 1.54) is 11.1 Å². The normalized spacial score (nSPS) is 10.8. The van der Waals surface area contributed by atoms with E-state index >= 15 is 0 Å². The second kappa shape index (κ2) is 4.72. The third-order valence-corrected chi connectivity index (χ3v) is 2.98. The van der Waals surface area contributed by atoms with Gasteiger partial charge >= 0.3 is 0 Å². The third kappa shape index (κ3) is 2.39. The molecule has 0 saturated heterocycles. The molecule has 0 radical (unpaired) electrons. The molecule has 0 aliphatic heterocycles. The predicted molar refractivity (Wildman–Crippen MR) is 68.6 cm³/mol. The van der Waals surface area contributed by atoms with Crippen LogP contribution in [-0.2, 0) is 6.42 Å². The van der Waals surface area contributed by atoms with Crippen LogP contribution in [-0.4, -0.2) is 21.5 Å². The first-order valence-electron chi connectivity index (χ1n) is 5.85. The van der Waals surface area contributed by atoms with E-state index in [4.69, 9.17) is 5.11 Å². The van der Waals surface area contributed by atoms with Gasteiger partial charge < -0.3 is 5.11 Å². The minimum atomic E-state index is 0.166. The molecule has 0 aliphatic carbocycles. The van der Waals surface area contributed by atoms with Crippen molar-refractivity contribution in [3.8, 4) is 5.69 Å². The molecule has 0 bridgehead atoms. The number of rotatable bonds is 3. The van der Waals surface area contributed by atoms with Crippen LogP contribution in [0.1, 0.15) is 22.4 Å². The first kappa shape index (κ1) is 11.9. The first-order valence-corrected chi connectivity index (χ1v) is 5.85. The van der Waals surface area contributed by atoms with Gasteiger partial charge in [0.05, 0.1) is 11.4 Å². The molecule has 0 unspecified atom stereocenters. The van der Waals surface area contributed by atoms with Gasteiger partial charge in [0.15, 0.2) is 0 Å². The summed E-state index contributed by atoms with van der Waals surface area (Å²) in [5.41, 5.74) is 5.66. The zero-order chi connectivity index (χ0) is 12.4. The average Bonchev–Trinajstić information content (AvgIpc) is 2.60. The van der Waals surface area contributed by atoms with Gasteiger partial charge in [0.25, 0.3) is 0 Å². The molecule has 2 rings (SSSR count). The largest absolute Gasteiger partial charge is 0.396 e. The zero-order valence-electron chi connectivity index (χ0n) is 10.6. The smallest absolute Gasteiger partial charge is 0.0675 e. The number of hydrogen-bond donors (Lipinski definition) is 1. The monoisotopic (exact) mass is 230 g/mol. The summed E-state index contributed by atoms with van der Waals surface area (Å²) < 4.78 is 1.90. The fraction of sp³-hybridized carbons (Fsp3) is 0.357. The minimum absolute atomic E-state index is 0.166. The van der Waals surface area contributed by atoms with Crippen molar-refractivity contribution in [2.45, 2.75) is 27.2 Å². The number of hydrogen-bond acceptors (Lipinski definition) is 2. The molecule has 3 nitrogen and oxygen atoms in total. The maximum Gasteiger partial charge on any atom is 0.0675 e. The summed E-state index contributed by atoms with van der Waals surface area (Å²) in [5.74, 6) is 0. The highest BCUT2D eigenvalue weighted by atomic mass is 16.2. The lowest BCUT2D eigenvalue weighted by atomic mass is 10.1. The van der Waals surface area contributed by atoms with Gasteiger partial charge in [-0.15, -0.1) is 0 Å². The Balaban J connectivity index is 2.42. The van der Waals surface area contributed by atoms with Gasteiger partial charge in [-0.1, -0.05) is 17.7 Å². The van der Waals surface area contributed by atoms with E-state index in [0.717, 1.165) is 16.9 Å². The molecule has 1 aromatic carbocycles. The molecule has 90 valence electrons. The molecule has 1 heterocycles. The summed E-state index contributed by atoms with van der Waals surface area (Å²) in [6.45, 7) is 6.32. The number of benzene rings is 1. The second-order valence-corrected chi connectivity index (χ2v) is 4.45. The van der Waals surface area contributed by atoms with E-state index in [9.17, 15) is 0 Å². The predicted octanol–water partition coefficient (Wildman–Crippen LogP) is 2.33. The summed E-state index contributed by atoms with van der Waals surface area (Å²) in [4.78, 5) is 0. The summed E-state index contributed by atoms with van der Waals surface area (Å²) in [6.07, 6.45) is 2.67. The quantitative estimate of drug-likeness (QED) is 0.878. The number of aromatic nitrogens is 2. The standard InChI is InChI=1S/C14H18N2O/c1-10-4-5-14(11(2)8-10)16-9-13(6-7-17)12(3)15-16/h4-5,8-9,17H,6-7H2,1-3H3. The molecule has 0 saturated carbocycles. The fourth-order valence-electron chi connectivity index (χ4n) is 2.05. The second-order valence-electron chi connectivity index (χ2n) is 4.45. The lowest BCUT2D eigenvalue weighted by Gasteiger charge is -2.06. The molecule has 0 aliphatic rings. The molecule has 1 N–H and O–H groups in total. The summed E-state index contributed by atoms with van der Waals surface area (Å²) in [6, 6.07) is 6.32. The van der Waals surface area contributed by atoms with Crippen LogP contribution in [0.4, 0.5) is 0 Å². The highest BCUT2D eigenvalue weighted by molar-refractivity contribution is 5.42. The van der Waals surface area contributed by atoms with Crippen LogP contribution < -0.4 is 0 Å². The Morgan fingerprint density at radius 3 is 2.65 bits per heavy atom. The average molecular weight is 230 g/mol. The third-order valence-electron chi connectivity index (χ3n) is 2.98. The molecule has 17 heavy (non-hydrogen) atoms. The van der Waals surface area contributed by atoms with Gasteiger partial charge in [-0.25, -0.2) is 4.68 Å². The maximum absolute atomic E-state index is 8.98. The van der Waals surface area contributed by atoms with E-state index in [-0.39, 0.29) is 6.61 Å². The fourth-order valence-corrected chi connectivity index (χ4v) is 2.05. The van der Waals surface area contributed by atoms with E-state index in [1.54, 1.807) is 0 Å². The Kier molecular flexibility index (Phi) is 3.29. The summed E-state index contributed by atoms with van der Waals surface area (Å²) in [7, 11) is 0. The van der Waals surface area contributed by atoms with Crippen LogP contribution in [0, 0.1) is 20.8 Å². The van der Waals surface area contributed by atoms with Crippen molar-refractivity contribution in [2.75, 3.05) is 6.61 Å². The maximum atomic E-state index is 8.98. The highest BCUT2D eigenvalue weighted by Gasteiger charge is 2.07. The number of aliphatic hydroxyl groups is 1. The molecule has 1 aromatic heterocycles. The lowest BCUT2D eigenvalue weighted by Crippen LogP contribution is -1.98. The van der Waals surface area contributed by atoms with Crippen molar-refractivity contribution in [1.82, 2.24) is 9.78 Å². The molecular weight excluding hydrogens is 212 g/mol. The Hall–Kier alpha value is -1.61. The van der Waals surface area contributed by atoms with Crippen molar-refractivity contribution in [3.05, 3.63) is 46.8 Å². The van der Waals surface area contributed by atoms with Crippen LogP contribution in [0.5, 0.6) is 0 Å². The van der Waals surface area contributed by atoms with Crippen LogP contribution in [0.15, 0.2) is 24.4 Å². The molecule has 3 heteroatoms. The Morgan fingerprint density at radius 2 is 2.00 bits per heavy atom. The highest BCUT2D eigenvalue weighted by Crippen LogP contribution is 2.17.